The predicted octanol–water partition coefficient (Wildman–Crippen LogP) is 4.46. The number of nitrogens with one attached hydrogen (secondary N) is 1. The fourth-order valence-electron chi connectivity index (χ4n) is 3.42. The minimum atomic E-state index is -0.634. The van der Waals surface area contributed by atoms with Crippen molar-refractivity contribution < 1.29 is 19.1 Å². The molecule has 0 heterocycles. The van der Waals surface area contributed by atoms with Gasteiger partial charge in [-0.1, -0.05) is 6.07 Å². The Morgan fingerprint density at radius 1 is 1.07 bits per heavy atom. The summed E-state index contributed by atoms with van der Waals surface area (Å²) in [6, 6.07) is 11.2. The normalized spacial score (nSPS) is 14.0. The number of esters is 1. The summed E-state index contributed by atoms with van der Waals surface area (Å²) in [5.74, 6) is 0.120. The van der Waals surface area contributed by atoms with E-state index >= 15 is 0 Å². The lowest BCUT2D eigenvalue weighted by Gasteiger charge is -2.19. The van der Waals surface area contributed by atoms with Gasteiger partial charge in [-0.2, -0.15) is 0 Å². The first-order valence-corrected chi connectivity index (χ1v) is 9.85. The summed E-state index contributed by atoms with van der Waals surface area (Å²) in [4.78, 5) is 24.4. The number of carbonyl (C=O) groups excluding carboxylic acids is 2. The van der Waals surface area contributed by atoms with E-state index in [4.69, 9.17) is 9.47 Å². The van der Waals surface area contributed by atoms with Crippen molar-refractivity contribution in [1.29, 1.82) is 0 Å². The van der Waals surface area contributed by atoms with Crippen molar-refractivity contribution in [1.82, 2.24) is 0 Å². The maximum absolute atomic E-state index is 12.6. The first kappa shape index (κ1) is 19.9. The molecule has 5 nitrogen and oxygen atoms in total. The van der Waals surface area contributed by atoms with Crippen molar-refractivity contribution in [3.05, 3.63) is 58.7 Å². The third-order valence-electron chi connectivity index (χ3n) is 5.00. The molecule has 0 saturated heterocycles. The summed E-state index contributed by atoms with van der Waals surface area (Å²) in [6.45, 7) is 5.67. The van der Waals surface area contributed by atoms with Crippen LogP contribution in [0.2, 0.25) is 0 Å². The number of hydrogen-bond acceptors (Lipinski definition) is 4. The average molecular weight is 381 g/mol. The number of amides is 1. The highest BCUT2D eigenvalue weighted by Crippen LogP contribution is 2.26. The van der Waals surface area contributed by atoms with Gasteiger partial charge in [0.1, 0.15) is 5.75 Å². The molecule has 5 heteroatoms. The summed E-state index contributed by atoms with van der Waals surface area (Å²) in [5, 5.41) is 2.87. The fraction of sp³-hybridized carbons (Fsp3) is 0.391. The molecule has 0 bridgehead atoms. The Morgan fingerprint density at radius 2 is 1.82 bits per heavy atom. The fourth-order valence-corrected chi connectivity index (χ4v) is 3.42. The molecule has 0 aliphatic heterocycles. The number of fused-ring (bicyclic) bond motifs is 1. The van der Waals surface area contributed by atoms with Gasteiger partial charge in [-0.25, -0.2) is 4.79 Å². The van der Waals surface area contributed by atoms with Gasteiger partial charge in [-0.3, -0.25) is 4.79 Å². The molecule has 1 N–H and O–H groups in total. The largest absolute Gasteiger partial charge is 0.481 e. The molecular formula is C23H27NO4. The van der Waals surface area contributed by atoms with Crippen LogP contribution in [0.15, 0.2) is 36.4 Å². The van der Waals surface area contributed by atoms with Crippen molar-refractivity contribution in [2.45, 2.75) is 52.6 Å². The highest BCUT2D eigenvalue weighted by Gasteiger charge is 2.18. The highest BCUT2D eigenvalue weighted by molar-refractivity contribution is 5.96. The molecule has 0 aromatic heterocycles. The van der Waals surface area contributed by atoms with Gasteiger partial charge < -0.3 is 14.8 Å². The molecule has 148 valence electrons. The van der Waals surface area contributed by atoms with E-state index < -0.39 is 6.10 Å². The third kappa shape index (κ3) is 4.71. The Kier molecular flexibility index (Phi) is 6.34. The van der Waals surface area contributed by atoms with Crippen LogP contribution in [-0.2, 0) is 22.4 Å². The number of anilines is 1. The number of benzene rings is 2. The van der Waals surface area contributed by atoms with E-state index in [1.165, 1.54) is 24.0 Å². The molecule has 0 spiro atoms. The molecule has 1 atom stereocenters. The zero-order chi connectivity index (χ0) is 20.1. The Hall–Kier alpha value is -2.82. The van der Waals surface area contributed by atoms with Crippen molar-refractivity contribution in [2.75, 3.05) is 11.9 Å². The smallest absolute Gasteiger partial charge is 0.338 e. The first-order chi connectivity index (χ1) is 13.5. The molecular weight excluding hydrogens is 354 g/mol. The van der Waals surface area contributed by atoms with Crippen LogP contribution in [0.4, 0.5) is 5.69 Å². The lowest BCUT2D eigenvalue weighted by Crippen LogP contribution is -2.30. The lowest BCUT2D eigenvalue weighted by atomic mass is 9.92. The van der Waals surface area contributed by atoms with E-state index in [2.05, 4.69) is 17.4 Å². The van der Waals surface area contributed by atoms with E-state index in [-0.39, 0.29) is 11.9 Å². The topological polar surface area (TPSA) is 64.6 Å². The van der Waals surface area contributed by atoms with E-state index in [0.717, 1.165) is 24.2 Å². The zero-order valence-electron chi connectivity index (χ0n) is 16.7. The molecule has 0 radical (unpaired) electrons. The summed E-state index contributed by atoms with van der Waals surface area (Å²) >= 11 is 0. The molecule has 0 saturated carbocycles. The van der Waals surface area contributed by atoms with Gasteiger partial charge in [0.15, 0.2) is 6.10 Å². The van der Waals surface area contributed by atoms with Gasteiger partial charge in [0, 0.05) is 5.69 Å². The second kappa shape index (κ2) is 8.91. The number of hydrogen-bond donors (Lipinski definition) is 1. The van der Waals surface area contributed by atoms with Crippen LogP contribution in [0, 0.1) is 6.92 Å². The van der Waals surface area contributed by atoms with Gasteiger partial charge in [0.05, 0.1) is 12.2 Å². The minimum Gasteiger partial charge on any atom is -0.481 e. The van der Waals surface area contributed by atoms with Gasteiger partial charge in [-0.05, 0) is 93.5 Å². The van der Waals surface area contributed by atoms with Gasteiger partial charge in [-0.15, -0.1) is 0 Å². The summed E-state index contributed by atoms with van der Waals surface area (Å²) in [5.41, 5.74) is 4.62. The maximum Gasteiger partial charge on any atom is 0.338 e. The van der Waals surface area contributed by atoms with Crippen molar-refractivity contribution >= 4 is 17.6 Å². The van der Waals surface area contributed by atoms with Gasteiger partial charge in [0.2, 0.25) is 0 Å². The Morgan fingerprint density at radius 3 is 2.54 bits per heavy atom. The first-order valence-electron chi connectivity index (χ1n) is 9.85. The molecule has 2 aromatic carbocycles. The maximum atomic E-state index is 12.6. The number of ether oxygens (including phenoxy) is 2. The van der Waals surface area contributed by atoms with Crippen molar-refractivity contribution in [3.8, 4) is 5.75 Å². The molecule has 2 aromatic rings. The van der Waals surface area contributed by atoms with Crippen LogP contribution in [0.3, 0.4) is 0 Å². The monoisotopic (exact) mass is 381 g/mol. The molecule has 3 rings (SSSR count). The van der Waals surface area contributed by atoms with Crippen molar-refractivity contribution in [3.63, 3.8) is 0 Å². The molecule has 0 fully saturated rings. The molecule has 28 heavy (non-hydrogen) atoms. The average Bonchev–Trinajstić information content (AvgIpc) is 2.69. The SMILES string of the molecule is CCOC(=O)c1ccc(NC(=O)[C@H](C)Oc2ccc3c(c2)CCCC3)c(C)c1. The van der Waals surface area contributed by atoms with Crippen LogP contribution >= 0.6 is 0 Å². The van der Waals surface area contributed by atoms with Crippen LogP contribution < -0.4 is 10.1 Å². The minimum absolute atomic E-state index is 0.232. The van der Waals surface area contributed by atoms with Crippen LogP contribution in [-0.4, -0.2) is 24.6 Å². The number of rotatable bonds is 6. The second-order valence-electron chi connectivity index (χ2n) is 7.14. The highest BCUT2D eigenvalue weighted by atomic mass is 16.5. The van der Waals surface area contributed by atoms with Crippen molar-refractivity contribution in [2.24, 2.45) is 0 Å². The summed E-state index contributed by atoms with van der Waals surface area (Å²) < 4.78 is 10.9. The van der Waals surface area contributed by atoms with E-state index in [1.807, 2.05) is 13.0 Å². The van der Waals surface area contributed by atoms with Gasteiger partial charge in [0.25, 0.3) is 5.91 Å². The van der Waals surface area contributed by atoms with Crippen LogP contribution in [0.1, 0.15) is 53.7 Å². The number of aryl methyl sites for hydroxylation is 3. The third-order valence-corrected chi connectivity index (χ3v) is 5.00. The Labute approximate surface area is 166 Å². The second-order valence-corrected chi connectivity index (χ2v) is 7.14. The molecule has 0 unspecified atom stereocenters. The molecule has 1 amide bonds. The number of carbonyl (C=O) groups is 2. The van der Waals surface area contributed by atoms with E-state index in [0.29, 0.717) is 17.9 Å². The van der Waals surface area contributed by atoms with Crippen LogP contribution in [0.5, 0.6) is 5.75 Å². The predicted molar refractivity (Wildman–Crippen MR) is 109 cm³/mol. The molecule has 1 aliphatic rings. The quantitative estimate of drug-likeness (QED) is 0.751. The van der Waals surface area contributed by atoms with E-state index in [9.17, 15) is 9.59 Å². The summed E-state index contributed by atoms with van der Waals surface area (Å²) in [7, 11) is 0. The molecule has 1 aliphatic carbocycles. The van der Waals surface area contributed by atoms with Crippen LogP contribution in [0.25, 0.3) is 0 Å². The van der Waals surface area contributed by atoms with E-state index in [1.54, 1.807) is 32.0 Å². The Bertz CT molecular complexity index is 875. The zero-order valence-corrected chi connectivity index (χ0v) is 16.7. The standard InChI is InChI=1S/C23H27NO4/c1-4-27-23(26)19-10-12-21(15(2)13-19)24-22(25)16(3)28-20-11-9-17-7-5-6-8-18(17)14-20/h9-14,16H,4-8H2,1-3H3,(H,24,25)/t16-/m0/s1. The lowest BCUT2D eigenvalue weighted by molar-refractivity contribution is -0.122. The Balaban J connectivity index is 1.63. The van der Waals surface area contributed by atoms with Gasteiger partial charge >= 0.3 is 5.97 Å². The summed E-state index contributed by atoms with van der Waals surface area (Å²) in [6.07, 6.45) is 3.99.